The number of nitrogens with one attached hydrogen (secondary N) is 1. The van der Waals surface area contributed by atoms with Gasteiger partial charge >= 0.3 is 0 Å². The number of benzene rings is 1. The summed E-state index contributed by atoms with van der Waals surface area (Å²) in [5.74, 6) is 3.10. The van der Waals surface area contributed by atoms with Gasteiger partial charge in [0.25, 0.3) is 0 Å². The molecule has 1 aromatic heterocycles. The third-order valence-electron chi connectivity index (χ3n) is 4.87. The zero-order chi connectivity index (χ0) is 17.9. The van der Waals surface area contributed by atoms with Crippen LogP contribution in [0.25, 0.3) is 0 Å². The number of guanidine groups is 1. The van der Waals surface area contributed by atoms with E-state index >= 15 is 0 Å². The predicted octanol–water partition coefficient (Wildman–Crippen LogP) is 2.10. The zero-order valence-electron chi connectivity index (χ0n) is 15.3. The summed E-state index contributed by atoms with van der Waals surface area (Å²) < 4.78 is 12.7. The van der Waals surface area contributed by atoms with Crippen LogP contribution in [0.15, 0.2) is 35.6 Å². The van der Waals surface area contributed by atoms with Crippen LogP contribution in [0, 0.1) is 0 Å². The Hall–Kier alpha value is -2.70. The Morgan fingerprint density at radius 3 is 3.04 bits per heavy atom. The van der Waals surface area contributed by atoms with Gasteiger partial charge in [-0.1, -0.05) is 6.07 Å². The average molecular weight is 355 g/mol. The second-order valence-corrected chi connectivity index (χ2v) is 6.74. The van der Waals surface area contributed by atoms with Crippen molar-refractivity contribution in [1.82, 2.24) is 20.0 Å². The maximum Gasteiger partial charge on any atom is 0.231 e. The fourth-order valence-electron chi connectivity index (χ4n) is 3.51. The minimum absolute atomic E-state index is 0.300. The maximum atomic E-state index is 5.45. The molecule has 1 unspecified atom stereocenters. The van der Waals surface area contributed by atoms with E-state index in [4.69, 9.17) is 14.5 Å². The molecule has 0 amide bonds. The van der Waals surface area contributed by atoms with Gasteiger partial charge in [-0.25, -0.2) is 4.99 Å². The van der Waals surface area contributed by atoms with Crippen molar-refractivity contribution in [3.8, 4) is 11.5 Å². The van der Waals surface area contributed by atoms with E-state index in [1.807, 2.05) is 36.1 Å². The van der Waals surface area contributed by atoms with Crippen LogP contribution in [-0.4, -0.2) is 47.1 Å². The van der Waals surface area contributed by atoms with Gasteiger partial charge in [-0.15, -0.1) is 0 Å². The van der Waals surface area contributed by atoms with Crippen LogP contribution >= 0.6 is 0 Å². The summed E-state index contributed by atoms with van der Waals surface area (Å²) in [5, 5.41) is 7.73. The molecule has 0 bridgehead atoms. The van der Waals surface area contributed by atoms with Crippen molar-refractivity contribution >= 4 is 5.96 Å². The van der Waals surface area contributed by atoms with Gasteiger partial charge in [0, 0.05) is 38.8 Å². The lowest BCUT2D eigenvalue weighted by Gasteiger charge is -2.21. The van der Waals surface area contributed by atoms with Crippen LogP contribution in [0.4, 0.5) is 0 Å². The zero-order valence-corrected chi connectivity index (χ0v) is 15.3. The third kappa shape index (κ3) is 3.47. The number of ether oxygens (including phenoxy) is 2. The van der Waals surface area contributed by atoms with Gasteiger partial charge in [0.1, 0.15) is 0 Å². The van der Waals surface area contributed by atoms with Crippen LogP contribution < -0.4 is 14.8 Å². The van der Waals surface area contributed by atoms with E-state index in [0.29, 0.717) is 19.3 Å². The lowest BCUT2D eigenvalue weighted by atomic mass is 10.0. The van der Waals surface area contributed by atoms with Gasteiger partial charge in [0.2, 0.25) is 6.79 Å². The summed E-state index contributed by atoms with van der Waals surface area (Å²) in [6.07, 6.45) is 5.22. The fraction of sp³-hybridized carbons (Fsp3) is 0.474. The molecular weight excluding hydrogens is 330 g/mol. The number of rotatable bonds is 4. The number of likely N-dealkylation sites (tertiary alicyclic amines) is 1. The topological polar surface area (TPSA) is 63.9 Å². The molecule has 1 atom stereocenters. The number of aryl methyl sites for hydroxylation is 1. The number of aliphatic imine (C=N–C) groups is 1. The summed E-state index contributed by atoms with van der Waals surface area (Å²) in [7, 11) is 1.97. The van der Waals surface area contributed by atoms with Crippen molar-refractivity contribution in [2.75, 3.05) is 26.4 Å². The Bertz CT molecular complexity index is 801. The first-order valence-corrected chi connectivity index (χ1v) is 9.13. The van der Waals surface area contributed by atoms with E-state index in [2.05, 4.69) is 28.4 Å². The number of hydrogen-bond donors (Lipinski definition) is 1. The van der Waals surface area contributed by atoms with E-state index in [0.717, 1.165) is 49.1 Å². The number of nitrogens with zero attached hydrogens (tertiary/aromatic N) is 4. The monoisotopic (exact) mass is 355 g/mol. The van der Waals surface area contributed by atoms with Gasteiger partial charge in [-0.05, 0) is 36.6 Å². The molecule has 0 spiro atoms. The Labute approximate surface area is 153 Å². The molecule has 26 heavy (non-hydrogen) atoms. The molecule has 2 aliphatic heterocycles. The molecule has 0 saturated carbocycles. The molecular formula is C19H25N5O2. The summed E-state index contributed by atoms with van der Waals surface area (Å²) in [6, 6.07) is 6.01. The highest BCUT2D eigenvalue weighted by molar-refractivity contribution is 5.80. The molecule has 3 heterocycles. The standard InChI is InChI=1S/C19H25N5O2/c1-3-20-19(21-9-14-4-5-17-18(8-14)26-13-25-17)24-7-6-15(12-24)16-10-22-23(2)11-16/h4-5,8,10-11,15H,3,6-7,9,12-13H2,1-2H3,(H,20,21). The molecule has 4 rings (SSSR count). The Morgan fingerprint density at radius 2 is 2.23 bits per heavy atom. The molecule has 1 fully saturated rings. The molecule has 7 nitrogen and oxygen atoms in total. The summed E-state index contributed by atoms with van der Waals surface area (Å²) >= 11 is 0. The van der Waals surface area contributed by atoms with E-state index in [1.54, 1.807) is 0 Å². The van der Waals surface area contributed by atoms with Gasteiger partial charge in [-0.3, -0.25) is 4.68 Å². The fourth-order valence-corrected chi connectivity index (χ4v) is 3.51. The first-order chi connectivity index (χ1) is 12.7. The van der Waals surface area contributed by atoms with Crippen LogP contribution in [0.5, 0.6) is 11.5 Å². The SMILES string of the molecule is CCNC(=NCc1ccc2c(c1)OCO2)N1CCC(c2cnn(C)c2)C1. The van der Waals surface area contributed by atoms with Crippen molar-refractivity contribution in [1.29, 1.82) is 0 Å². The Kier molecular flexibility index (Phi) is 4.69. The predicted molar refractivity (Wildman–Crippen MR) is 99.5 cm³/mol. The quantitative estimate of drug-likeness (QED) is 0.672. The van der Waals surface area contributed by atoms with Crippen molar-refractivity contribution in [3.05, 3.63) is 41.7 Å². The smallest absolute Gasteiger partial charge is 0.231 e. The Balaban J connectivity index is 1.44. The highest BCUT2D eigenvalue weighted by Gasteiger charge is 2.26. The van der Waals surface area contributed by atoms with Crippen molar-refractivity contribution in [2.45, 2.75) is 25.8 Å². The van der Waals surface area contributed by atoms with E-state index in [-0.39, 0.29) is 0 Å². The first-order valence-electron chi connectivity index (χ1n) is 9.13. The van der Waals surface area contributed by atoms with Gasteiger partial charge < -0.3 is 19.7 Å². The number of aromatic nitrogens is 2. The maximum absolute atomic E-state index is 5.45. The summed E-state index contributed by atoms with van der Waals surface area (Å²) in [5.41, 5.74) is 2.43. The van der Waals surface area contributed by atoms with Crippen molar-refractivity contribution in [3.63, 3.8) is 0 Å². The number of hydrogen-bond acceptors (Lipinski definition) is 4. The molecule has 2 aliphatic rings. The second-order valence-electron chi connectivity index (χ2n) is 6.74. The molecule has 0 aliphatic carbocycles. The molecule has 1 saturated heterocycles. The van der Waals surface area contributed by atoms with E-state index in [9.17, 15) is 0 Å². The van der Waals surface area contributed by atoms with Crippen LogP contribution in [-0.2, 0) is 13.6 Å². The second kappa shape index (κ2) is 7.27. The molecule has 7 heteroatoms. The highest BCUT2D eigenvalue weighted by Crippen LogP contribution is 2.32. The Morgan fingerprint density at radius 1 is 1.35 bits per heavy atom. The first kappa shape index (κ1) is 16.8. The summed E-state index contributed by atoms with van der Waals surface area (Å²) in [4.78, 5) is 7.18. The number of fused-ring (bicyclic) bond motifs is 1. The largest absolute Gasteiger partial charge is 0.454 e. The highest BCUT2D eigenvalue weighted by atomic mass is 16.7. The van der Waals surface area contributed by atoms with Gasteiger partial charge in [-0.2, -0.15) is 5.10 Å². The molecule has 1 N–H and O–H groups in total. The van der Waals surface area contributed by atoms with E-state index < -0.39 is 0 Å². The van der Waals surface area contributed by atoms with Crippen molar-refractivity contribution in [2.24, 2.45) is 12.0 Å². The van der Waals surface area contributed by atoms with Gasteiger partial charge in [0.15, 0.2) is 17.5 Å². The summed E-state index contributed by atoms with van der Waals surface area (Å²) in [6.45, 7) is 5.85. The minimum atomic E-state index is 0.300. The van der Waals surface area contributed by atoms with Crippen molar-refractivity contribution < 1.29 is 9.47 Å². The van der Waals surface area contributed by atoms with Crippen LogP contribution in [0.2, 0.25) is 0 Å². The normalized spacial score (nSPS) is 19.2. The lowest BCUT2D eigenvalue weighted by Crippen LogP contribution is -2.40. The van der Waals surface area contributed by atoms with Gasteiger partial charge in [0.05, 0.1) is 12.7 Å². The van der Waals surface area contributed by atoms with Crippen LogP contribution in [0.1, 0.15) is 30.4 Å². The molecule has 1 aromatic carbocycles. The van der Waals surface area contributed by atoms with E-state index in [1.165, 1.54) is 5.56 Å². The molecule has 2 aromatic rings. The lowest BCUT2D eigenvalue weighted by molar-refractivity contribution is 0.174. The average Bonchev–Trinajstić information content (AvgIpc) is 3.38. The molecule has 138 valence electrons. The molecule has 0 radical (unpaired) electrons. The van der Waals surface area contributed by atoms with Crippen LogP contribution in [0.3, 0.4) is 0 Å². The third-order valence-corrected chi connectivity index (χ3v) is 4.87. The minimum Gasteiger partial charge on any atom is -0.454 e.